The quantitative estimate of drug-likeness (QED) is 0.688. The Hall–Kier alpha value is -2.82. The first-order chi connectivity index (χ1) is 11.1. The summed E-state index contributed by atoms with van der Waals surface area (Å²) >= 11 is 0. The van der Waals surface area contributed by atoms with Crippen molar-refractivity contribution < 1.29 is 18.3 Å². The number of aryl methyl sites for hydroxylation is 1. The first-order valence-corrected chi connectivity index (χ1v) is 7.27. The molecule has 23 heavy (non-hydrogen) atoms. The molecule has 2 heterocycles. The summed E-state index contributed by atoms with van der Waals surface area (Å²) in [4.78, 5) is 12.9. The Balaban J connectivity index is 2.01. The van der Waals surface area contributed by atoms with Crippen LogP contribution >= 0.6 is 0 Å². The average molecular weight is 312 g/mol. The highest BCUT2D eigenvalue weighted by Gasteiger charge is 2.21. The van der Waals surface area contributed by atoms with Gasteiger partial charge in [-0.1, -0.05) is 12.1 Å². The molecule has 0 fully saturated rings. The van der Waals surface area contributed by atoms with Gasteiger partial charge >= 0.3 is 0 Å². The Kier molecular flexibility index (Phi) is 3.08. The van der Waals surface area contributed by atoms with Crippen LogP contribution < -0.4 is 14.9 Å². The minimum Gasteiger partial charge on any atom is -0.486 e. The molecule has 0 saturated heterocycles. The van der Waals surface area contributed by atoms with Gasteiger partial charge in [0.1, 0.15) is 24.8 Å². The molecule has 116 valence electrons. The molecule has 0 saturated carbocycles. The van der Waals surface area contributed by atoms with Crippen LogP contribution in [0, 0.1) is 12.7 Å². The molecule has 5 heteroatoms. The van der Waals surface area contributed by atoms with E-state index in [2.05, 4.69) is 0 Å². The van der Waals surface area contributed by atoms with Gasteiger partial charge in [0.25, 0.3) is 0 Å². The third-order valence-corrected chi connectivity index (χ3v) is 3.88. The van der Waals surface area contributed by atoms with Gasteiger partial charge in [-0.05, 0) is 36.8 Å². The molecule has 3 aromatic rings. The minimum atomic E-state index is -0.351. The van der Waals surface area contributed by atoms with Crippen LogP contribution in [0.1, 0.15) is 5.76 Å². The van der Waals surface area contributed by atoms with Crippen LogP contribution in [0.5, 0.6) is 11.5 Å². The maximum absolute atomic E-state index is 13.1. The van der Waals surface area contributed by atoms with Crippen molar-refractivity contribution in [3.63, 3.8) is 0 Å². The summed E-state index contributed by atoms with van der Waals surface area (Å²) in [6.45, 7) is 2.59. The Bertz CT molecular complexity index is 957. The highest BCUT2D eigenvalue weighted by Crippen LogP contribution is 2.38. The van der Waals surface area contributed by atoms with Crippen molar-refractivity contribution in [2.45, 2.75) is 6.92 Å². The Morgan fingerprint density at radius 1 is 1.00 bits per heavy atom. The lowest BCUT2D eigenvalue weighted by Crippen LogP contribution is -2.16. The third kappa shape index (κ3) is 2.16. The SMILES string of the molecule is Cc1oc2c3c(ccc2c(=O)c1-c1ccc(F)cc1)OCCO3. The van der Waals surface area contributed by atoms with Gasteiger partial charge in [0.05, 0.1) is 10.9 Å². The molecule has 1 aliphatic rings. The van der Waals surface area contributed by atoms with Gasteiger partial charge in [0, 0.05) is 0 Å². The summed E-state index contributed by atoms with van der Waals surface area (Å²) in [7, 11) is 0. The van der Waals surface area contributed by atoms with Crippen LogP contribution in [0.25, 0.3) is 22.1 Å². The molecule has 0 spiro atoms. The fraction of sp³-hybridized carbons (Fsp3) is 0.167. The molecule has 4 nitrogen and oxygen atoms in total. The largest absolute Gasteiger partial charge is 0.486 e. The van der Waals surface area contributed by atoms with E-state index < -0.39 is 0 Å². The first-order valence-electron chi connectivity index (χ1n) is 7.27. The lowest BCUT2D eigenvalue weighted by Gasteiger charge is -2.19. The van der Waals surface area contributed by atoms with E-state index >= 15 is 0 Å². The van der Waals surface area contributed by atoms with Crippen LogP contribution in [0.4, 0.5) is 4.39 Å². The molecule has 4 rings (SSSR count). The smallest absolute Gasteiger partial charge is 0.205 e. The molecule has 2 aromatic carbocycles. The van der Waals surface area contributed by atoms with Crippen LogP contribution in [0.3, 0.4) is 0 Å². The van der Waals surface area contributed by atoms with Crippen molar-refractivity contribution in [1.82, 2.24) is 0 Å². The second kappa shape index (κ2) is 5.12. The first kappa shape index (κ1) is 13.8. The highest BCUT2D eigenvalue weighted by molar-refractivity contribution is 5.89. The topological polar surface area (TPSA) is 48.7 Å². The average Bonchev–Trinajstić information content (AvgIpc) is 2.56. The zero-order valence-corrected chi connectivity index (χ0v) is 12.4. The number of hydrogen-bond donors (Lipinski definition) is 0. The lowest BCUT2D eigenvalue weighted by atomic mass is 10.0. The van der Waals surface area contributed by atoms with Crippen LogP contribution in [-0.2, 0) is 0 Å². The van der Waals surface area contributed by atoms with Gasteiger partial charge < -0.3 is 13.9 Å². The van der Waals surface area contributed by atoms with E-state index in [1.165, 1.54) is 12.1 Å². The summed E-state index contributed by atoms with van der Waals surface area (Å²) in [6, 6.07) is 9.15. The fourth-order valence-corrected chi connectivity index (χ4v) is 2.82. The minimum absolute atomic E-state index is 0.174. The van der Waals surface area contributed by atoms with Crippen molar-refractivity contribution in [2.24, 2.45) is 0 Å². The molecule has 0 radical (unpaired) electrons. The Morgan fingerprint density at radius 3 is 2.52 bits per heavy atom. The lowest BCUT2D eigenvalue weighted by molar-refractivity contribution is 0.172. The van der Waals surface area contributed by atoms with Crippen molar-refractivity contribution >= 4 is 11.0 Å². The van der Waals surface area contributed by atoms with E-state index in [-0.39, 0.29) is 11.2 Å². The van der Waals surface area contributed by atoms with Crippen molar-refractivity contribution in [3.05, 3.63) is 58.2 Å². The number of benzene rings is 2. The van der Waals surface area contributed by atoms with Crippen LogP contribution in [-0.4, -0.2) is 13.2 Å². The number of halogens is 1. The van der Waals surface area contributed by atoms with Crippen molar-refractivity contribution in [1.29, 1.82) is 0 Å². The highest BCUT2D eigenvalue weighted by atomic mass is 19.1. The van der Waals surface area contributed by atoms with Gasteiger partial charge in [0.2, 0.25) is 11.2 Å². The summed E-state index contributed by atoms with van der Waals surface area (Å²) in [5.74, 6) is 1.13. The van der Waals surface area contributed by atoms with Gasteiger partial charge in [-0.25, -0.2) is 4.39 Å². The Morgan fingerprint density at radius 2 is 1.74 bits per heavy atom. The molecule has 0 aliphatic carbocycles. The number of rotatable bonds is 1. The monoisotopic (exact) mass is 312 g/mol. The zero-order valence-electron chi connectivity index (χ0n) is 12.4. The molecular formula is C18H13FO4. The normalized spacial score (nSPS) is 13.3. The van der Waals surface area contributed by atoms with Gasteiger partial charge in [-0.2, -0.15) is 0 Å². The fourth-order valence-electron chi connectivity index (χ4n) is 2.82. The van der Waals surface area contributed by atoms with Gasteiger partial charge in [-0.3, -0.25) is 4.79 Å². The second-order valence-corrected chi connectivity index (χ2v) is 5.34. The molecule has 0 unspecified atom stereocenters. The standard InChI is InChI=1S/C18H13FO4/c1-10-15(11-2-4-12(19)5-3-11)16(20)13-6-7-14-18(17(13)23-10)22-9-8-21-14/h2-7H,8-9H2,1H3. The van der Waals surface area contributed by atoms with E-state index in [9.17, 15) is 9.18 Å². The van der Waals surface area contributed by atoms with E-state index in [0.717, 1.165) is 0 Å². The predicted octanol–water partition coefficient (Wildman–Crippen LogP) is 3.68. The number of hydrogen-bond acceptors (Lipinski definition) is 4. The maximum Gasteiger partial charge on any atom is 0.205 e. The molecule has 0 N–H and O–H groups in total. The van der Waals surface area contributed by atoms with E-state index in [4.69, 9.17) is 13.9 Å². The molecule has 0 bridgehead atoms. The molecule has 1 aliphatic heterocycles. The predicted molar refractivity (Wildman–Crippen MR) is 83.6 cm³/mol. The van der Waals surface area contributed by atoms with Crippen LogP contribution in [0.2, 0.25) is 0 Å². The van der Waals surface area contributed by atoms with Gasteiger partial charge in [0.15, 0.2) is 11.3 Å². The molecular weight excluding hydrogens is 299 g/mol. The summed E-state index contributed by atoms with van der Waals surface area (Å²) in [6.07, 6.45) is 0. The van der Waals surface area contributed by atoms with Crippen LogP contribution in [0.15, 0.2) is 45.6 Å². The van der Waals surface area contributed by atoms with E-state index in [1.54, 1.807) is 31.2 Å². The summed E-state index contributed by atoms with van der Waals surface area (Å²) in [5.41, 5.74) is 1.26. The molecule has 1 aromatic heterocycles. The maximum atomic E-state index is 13.1. The van der Waals surface area contributed by atoms with Crippen molar-refractivity contribution in [2.75, 3.05) is 13.2 Å². The van der Waals surface area contributed by atoms with Crippen molar-refractivity contribution in [3.8, 4) is 22.6 Å². The second-order valence-electron chi connectivity index (χ2n) is 5.34. The zero-order chi connectivity index (χ0) is 16.0. The molecule has 0 atom stereocenters. The number of fused-ring (bicyclic) bond motifs is 3. The summed E-state index contributed by atoms with van der Waals surface area (Å²) in [5, 5.41) is 0.416. The summed E-state index contributed by atoms with van der Waals surface area (Å²) < 4.78 is 30.1. The van der Waals surface area contributed by atoms with Gasteiger partial charge in [-0.15, -0.1) is 0 Å². The Labute approximate surface area is 131 Å². The number of ether oxygens (including phenoxy) is 2. The molecule has 0 amide bonds. The van der Waals surface area contributed by atoms with E-state index in [0.29, 0.717) is 52.6 Å². The third-order valence-electron chi connectivity index (χ3n) is 3.88. The van der Waals surface area contributed by atoms with E-state index in [1.807, 2.05) is 0 Å².